The molecular formula is C19H19ClN2O3S. The van der Waals surface area contributed by atoms with Crippen LogP contribution in [0.1, 0.15) is 22.4 Å². The second-order valence-corrected chi connectivity index (χ2v) is 8.33. The molecule has 0 aliphatic carbocycles. The Morgan fingerprint density at radius 1 is 1.08 bits per heavy atom. The molecule has 26 heavy (non-hydrogen) atoms. The monoisotopic (exact) mass is 390 g/mol. The van der Waals surface area contributed by atoms with Crippen molar-refractivity contribution in [3.05, 3.63) is 69.9 Å². The zero-order valence-electron chi connectivity index (χ0n) is 14.7. The highest BCUT2D eigenvalue weighted by Gasteiger charge is 2.19. The molecule has 0 fully saturated rings. The second-order valence-electron chi connectivity index (χ2n) is 6.15. The summed E-state index contributed by atoms with van der Waals surface area (Å²) in [6.45, 7) is 5.69. The van der Waals surface area contributed by atoms with Crippen molar-refractivity contribution in [3.8, 4) is 11.3 Å². The molecule has 0 saturated heterocycles. The maximum Gasteiger partial charge on any atom is 0.241 e. The number of rotatable bonds is 5. The van der Waals surface area contributed by atoms with E-state index in [1.165, 1.54) is 0 Å². The summed E-state index contributed by atoms with van der Waals surface area (Å²) in [5.74, 6) is 0.580. The van der Waals surface area contributed by atoms with Gasteiger partial charge in [-0.05, 0) is 50.1 Å². The summed E-state index contributed by atoms with van der Waals surface area (Å²) in [6, 6.07) is 12.2. The molecule has 0 aliphatic rings. The minimum absolute atomic E-state index is 0.184. The van der Waals surface area contributed by atoms with Gasteiger partial charge in [0.2, 0.25) is 10.0 Å². The highest BCUT2D eigenvalue weighted by Crippen LogP contribution is 2.29. The minimum atomic E-state index is -3.68. The van der Waals surface area contributed by atoms with Gasteiger partial charge in [-0.15, -0.1) is 0 Å². The highest BCUT2D eigenvalue weighted by molar-refractivity contribution is 7.89. The molecule has 7 heteroatoms. The first-order valence-electron chi connectivity index (χ1n) is 8.06. The van der Waals surface area contributed by atoms with Crippen LogP contribution in [0.3, 0.4) is 0 Å². The Morgan fingerprint density at radius 3 is 2.38 bits per heavy atom. The Kier molecular flexibility index (Phi) is 5.18. The van der Waals surface area contributed by atoms with Gasteiger partial charge in [-0.1, -0.05) is 41.0 Å². The predicted molar refractivity (Wildman–Crippen MR) is 102 cm³/mol. The van der Waals surface area contributed by atoms with Crippen LogP contribution in [0.2, 0.25) is 5.02 Å². The Balaban J connectivity index is 1.90. The van der Waals surface area contributed by atoms with Crippen molar-refractivity contribution in [3.63, 3.8) is 0 Å². The Hall–Kier alpha value is -2.15. The van der Waals surface area contributed by atoms with Gasteiger partial charge in [0, 0.05) is 22.7 Å². The van der Waals surface area contributed by atoms with Gasteiger partial charge in [-0.25, -0.2) is 13.1 Å². The van der Waals surface area contributed by atoms with Crippen LogP contribution in [0.25, 0.3) is 11.3 Å². The van der Waals surface area contributed by atoms with E-state index in [0.717, 1.165) is 16.8 Å². The second kappa shape index (κ2) is 7.23. The molecule has 0 atom stereocenters. The van der Waals surface area contributed by atoms with Crippen LogP contribution in [0.15, 0.2) is 51.9 Å². The van der Waals surface area contributed by atoms with Crippen molar-refractivity contribution in [2.24, 2.45) is 0 Å². The van der Waals surface area contributed by atoms with E-state index in [1.807, 2.05) is 19.9 Å². The Morgan fingerprint density at radius 2 is 1.77 bits per heavy atom. The molecule has 1 heterocycles. The standard InChI is InChI=1S/C19H19ClN2O3S/c1-12-4-7-16(19-13(2)14(3)22-25-19)10-18(12)26(23,24)21-11-15-5-8-17(20)9-6-15/h4-10,21H,11H2,1-3H3. The zero-order valence-corrected chi connectivity index (χ0v) is 16.3. The molecule has 0 unspecified atom stereocenters. The SMILES string of the molecule is Cc1ccc(-c2onc(C)c2C)cc1S(=O)(=O)NCc1ccc(Cl)cc1. The molecule has 5 nitrogen and oxygen atoms in total. The first-order chi connectivity index (χ1) is 12.3. The van der Waals surface area contributed by atoms with Crippen molar-refractivity contribution in [1.82, 2.24) is 9.88 Å². The topological polar surface area (TPSA) is 72.2 Å². The van der Waals surface area contributed by atoms with Crippen LogP contribution in [-0.4, -0.2) is 13.6 Å². The van der Waals surface area contributed by atoms with Crippen LogP contribution in [0.5, 0.6) is 0 Å². The van der Waals surface area contributed by atoms with Crippen LogP contribution < -0.4 is 4.72 Å². The smallest absolute Gasteiger partial charge is 0.241 e. The van der Waals surface area contributed by atoms with Crippen LogP contribution in [0.4, 0.5) is 0 Å². The van der Waals surface area contributed by atoms with E-state index >= 15 is 0 Å². The fourth-order valence-electron chi connectivity index (χ4n) is 2.57. The molecule has 136 valence electrons. The van der Waals surface area contributed by atoms with Gasteiger partial charge >= 0.3 is 0 Å². The lowest BCUT2D eigenvalue weighted by Gasteiger charge is -2.11. The molecule has 3 rings (SSSR count). The summed E-state index contributed by atoms with van der Waals surface area (Å²) < 4.78 is 33.6. The van der Waals surface area contributed by atoms with Crippen molar-refractivity contribution in [2.45, 2.75) is 32.2 Å². The van der Waals surface area contributed by atoms with E-state index in [-0.39, 0.29) is 11.4 Å². The number of hydrogen-bond donors (Lipinski definition) is 1. The number of halogens is 1. The molecule has 0 aliphatic heterocycles. The minimum Gasteiger partial charge on any atom is -0.356 e. The summed E-state index contributed by atoms with van der Waals surface area (Å²) in [4.78, 5) is 0.220. The van der Waals surface area contributed by atoms with Gasteiger partial charge in [-0.3, -0.25) is 0 Å². The number of sulfonamides is 1. The average Bonchev–Trinajstić information content (AvgIpc) is 2.94. The first kappa shape index (κ1) is 18.6. The van der Waals surface area contributed by atoms with E-state index in [1.54, 1.807) is 43.3 Å². The van der Waals surface area contributed by atoms with Crippen LogP contribution >= 0.6 is 11.6 Å². The Bertz CT molecular complexity index is 1040. The van der Waals surface area contributed by atoms with E-state index in [2.05, 4.69) is 9.88 Å². The molecule has 0 saturated carbocycles. The van der Waals surface area contributed by atoms with Gasteiger partial charge in [0.15, 0.2) is 5.76 Å². The summed E-state index contributed by atoms with van der Waals surface area (Å²) in [5.41, 5.74) is 3.84. The van der Waals surface area contributed by atoms with E-state index in [4.69, 9.17) is 16.1 Å². The molecule has 2 aromatic carbocycles. The normalized spacial score (nSPS) is 11.7. The summed E-state index contributed by atoms with van der Waals surface area (Å²) in [5, 5.41) is 4.55. The number of benzene rings is 2. The molecular weight excluding hydrogens is 372 g/mol. The van der Waals surface area contributed by atoms with Crippen molar-refractivity contribution < 1.29 is 12.9 Å². The summed E-state index contributed by atoms with van der Waals surface area (Å²) in [6.07, 6.45) is 0. The number of hydrogen-bond acceptors (Lipinski definition) is 4. The molecule has 0 amide bonds. The number of aromatic nitrogens is 1. The zero-order chi connectivity index (χ0) is 18.9. The third-order valence-electron chi connectivity index (χ3n) is 4.28. The molecule has 0 bridgehead atoms. The fourth-order valence-corrected chi connectivity index (χ4v) is 3.99. The Labute approximate surface area is 158 Å². The fraction of sp³-hybridized carbons (Fsp3) is 0.211. The quantitative estimate of drug-likeness (QED) is 0.700. The summed E-state index contributed by atoms with van der Waals surface area (Å²) in [7, 11) is -3.68. The van der Waals surface area contributed by atoms with Gasteiger partial charge in [0.05, 0.1) is 10.6 Å². The lowest BCUT2D eigenvalue weighted by Crippen LogP contribution is -2.24. The first-order valence-corrected chi connectivity index (χ1v) is 9.92. The number of aryl methyl sites for hydroxylation is 2. The maximum atomic E-state index is 12.8. The van der Waals surface area contributed by atoms with Crippen molar-refractivity contribution in [2.75, 3.05) is 0 Å². The van der Waals surface area contributed by atoms with Crippen molar-refractivity contribution >= 4 is 21.6 Å². The predicted octanol–water partition coefficient (Wildman–Crippen LogP) is 4.40. The third-order valence-corrected chi connectivity index (χ3v) is 6.07. The van der Waals surface area contributed by atoms with Gasteiger partial charge < -0.3 is 4.52 Å². The molecule has 0 radical (unpaired) electrons. The largest absolute Gasteiger partial charge is 0.356 e. The molecule has 3 aromatic rings. The molecule has 1 aromatic heterocycles. The average molecular weight is 391 g/mol. The lowest BCUT2D eigenvalue weighted by molar-refractivity contribution is 0.426. The molecule has 0 spiro atoms. The summed E-state index contributed by atoms with van der Waals surface area (Å²) >= 11 is 5.86. The maximum absolute atomic E-state index is 12.8. The highest BCUT2D eigenvalue weighted by atomic mass is 35.5. The molecule has 1 N–H and O–H groups in total. The number of nitrogens with zero attached hydrogens (tertiary/aromatic N) is 1. The van der Waals surface area contributed by atoms with Gasteiger partial charge in [-0.2, -0.15) is 0 Å². The third kappa shape index (κ3) is 3.82. The van der Waals surface area contributed by atoms with Gasteiger partial charge in [0.1, 0.15) is 0 Å². The van der Waals surface area contributed by atoms with E-state index < -0.39 is 10.0 Å². The van der Waals surface area contributed by atoms with E-state index in [9.17, 15) is 8.42 Å². The van der Waals surface area contributed by atoms with E-state index in [0.29, 0.717) is 21.9 Å². The van der Waals surface area contributed by atoms with Gasteiger partial charge in [0.25, 0.3) is 0 Å². The van der Waals surface area contributed by atoms with Crippen LogP contribution in [-0.2, 0) is 16.6 Å². The number of nitrogens with one attached hydrogen (secondary N) is 1. The lowest BCUT2D eigenvalue weighted by atomic mass is 10.1. The van der Waals surface area contributed by atoms with Crippen LogP contribution in [0, 0.1) is 20.8 Å². The van der Waals surface area contributed by atoms with Crippen molar-refractivity contribution in [1.29, 1.82) is 0 Å².